The van der Waals surface area contributed by atoms with E-state index in [0.29, 0.717) is 11.0 Å². The quantitative estimate of drug-likeness (QED) is 0.879. The lowest BCUT2D eigenvalue weighted by atomic mass is 9.93. The Kier molecular flexibility index (Phi) is 3.35. The van der Waals surface area contributed by atoms with Crippen molar-refractivity contribution in [1.29, 1.82) is 0 Å². The molecule has 20 heavy (non-hydrogen) atoms. The van der Waals surface area contributed by atoms with Crippen molar-refractivity contribution in [3.63, 3.8) is 0 Å². The number of carbonyl (C=O) groups is 1. The summed E-state index contributed by atoms with van der Waals surface area (Å²) >= 11 is 1.52. The number of aromatic amines is 1. The molecule has 7 heteroatoms. The minimum absolute atomic E-state index is 0.172. The Hall–Kier alpha value is -2.02. The van der Waals surface area contributed by atoms with Crippen LogP contribution in [-0.4, -0.2) is 21.1 Å². The molecule has 0 bridgehead atoms. The fourth-order valence-corrected chi connectivity index (χ4v) is 3.39. The van der Waals surface area contributed by atoms with Gasteiger partial charge >= 0.3 is 0 Å². The standard InChI is InChI=1S/C13H14N4O2S/c1-7-2-3-8-10(6-7)20-13(14-8)15-12(19)9-4-5-11(18)17-16-9/h4-5,7H,2-3,6H2,1H3,(H,17,18)(H,14,15,19)/t7-/m1/s1. The van der Waals surface area contributed by atoms with Crippen molar-refractivity contribution in [3.8, 4) is 0 Å². The number of hydrogen-bond acceptors (Lipinski definition) is 5. The zero-order chi connectivity index (χ0) is 14.1. The Balaban J connectivity index is 1.76. The van der Waals surface area contributed by atoms with E-state index >= 15 is 0 Å². The zero-order valence-corrected chi connectivity index (χ0v) is 11.8. The highest BCUT2D eigenvalue weighted by Crippen LogP contribution is 2.32. The van der Waals surface area contributed by atoms with Crippen LogP contribution in [0.3, 0.4) is 0 Å². The molecule has 1 aliphatic carbocycles. The molecular formula is C13H14N4O2S. The molecule has 2 aromatic heterocycles. The fraction of sp³-hybridized carbons (Fsp3) is 0.385. The molecule has 2 heterocycles. The van der Waals surface area contributed by atoms with Gasteiger partial charge in [-0.2, -0.15) is 5.10 Å². The summed E-state index contributed by atoms with van der Waals surface area (Å²) in [6.07, 6.45) is 3.14. The molecule has 0 spiro atoms. The van der Waals surface area contributed by atoms with E-state index in [1.54, 1.807) is 0 Å². The topological polar surface area (TPSA) is 87.7 Å². The molecule has 104 valence electrons. The van der Waals surface area contributed by atoms with Crippen LogP contribution in [0.15, 0.2) is 16.9 Å². The third kappa shape index (κ3) is 2.62. The van der Waals surface area contributed by atoms with Crippen LogP contribution in [-0.2, 0) is 12.8 Å². The summed E-state index contributed by atoms with van der Waals surface area (Å²) in [5, 5.41) is 9.27. The smallest absolute Gasteiger partial charge is 0.277 e. The lowest BCUT2D eigenvalue weighted by molar-refractivity contribution is 0.102. The summed E-state index contributed by atoms with van der Waals surface area (Å²) in [7, 11) is 0. The van der Waals surface area contributed by atoms with Gasteiger partial charge in [-0.1, -0.05) is 6.92 Å². The number of anilines is 1. The SMILES string of the molecule is C[C@@H]1CCc2nc(NC(=O)c3ccc(=O)[nH]n3)sc2C1. The van der Waals surface area contributed by atoms with Gasteiger partial charge < -0.3 is 0 Å². The summed E-state index contributed by atoms with van der Waals surface area (Å²) in [6.45, 7) is 2.23. The van der Waals surface area contributed by atoms with Gasteiger partial charge in [-0.25, -0.2) is 10.1 Å². The van der Waals surface area contributed by atoms with Crippen LogP contribution in [0.2, 0.25) is 0 Å². The number of thiazole rings is 1. The predicted molar refractivity (Wildman–Crippen MR) is 76.1 cm³/mol. The molecule has 0 aliphatic heterocycles. The van der Waals surface area contributed by atoms with E-state index in [4.69, 9.17) is 0 Å². The van der Waals surface area contributed by atoms with Crippen LogP contribution in [0.25, 0.3) is 0 Å². The van der Waals surface area contributed by atoms with Crippen LogP contribution in [0, 0.1) is 5.92 Å². The van der Waals surface area contributed by atoms with E-state index in [9.17, 15) is 9.59 Å². The Labute approximate surface area is 119 Å². The van der Waals surface area contributed by atoms with Gasteiger partial charge in [0.2, 0.25) is 0 Å². The normalized spacial score (nSPS) is 17.6. The van der Waals surface area contributed by atoms with E-state index in [1.165, 1.54) is 28.3 Å². The van der Waals surface area contributed by atoms with Crippen molar-refractivity contribution < 1.29 is 4.79 Å². The summed E-state index contributed by atoms with van der Waals surface area (Å²) in [6, 6.07) is 2.67. The van der Waals surface area contributed by atoms with Crippen molar-refractivity contribution >= 4 is 22.4 Å². The highest BCUT2D eigenvalue weighted by Gasteiger charge is 2.20. The maximum Gasteiger partial charge on any atom is 0.277 e. The van der Waals surface area contributed by atoms with Gasteiger partial charge in [-0.15, -0.1) is 11.3 Å². The van der Waals surface area contributed by atoms with Crippen molar-refractivity contribution in [1.82, 2.24) is 15.2 Å². The number of aromatic nitrogens is 3. The molecule has 0 radical (unpaired) electrons. The average Bonchev–Trinajstić information content (AvgIpc) is 2.80. The first kappa shape index (κ1) is 13.0. The monoisotopic (exact) mass is 290 g/mol. The molecule has 1 atom stereocenters. The number of hydrogen-bond donors (Lipinski definition) is 2. The second kappa shape index (κ2) is 5.16. The Morgan fingerprint density at radius 1 is 1.50 bits per heavy atom. The number of H-pyrrole nitrogens is 1. The second-order valence-electron chi connectivity index (χ2n) is 5.00. The van der Waals surface area contributed by atoms with Crippen LogP contribution in [0.1, 0.15) is 34.4 Å². The molecule has 3 rings (SSSR count). The minimum atomic E-state index is -0.361. The van der Waals surface area contributed by atoms with Crippen molar-refractivity contribution in [2.45, 2.75) is 26.2 Å². The highest BCUT2D eigenvalue weighted by molar-refractivity contribution is 7.15. The zero-order valence-electron chi connectivity index (χ0n) is 11.0. The number of carbonyl (C=O) groups excluding carboxylic acids is 1. The third-order valence-corrected chi connectivity index (χ3v) is 4.35. The molecule has 1 aliphatic rings. The average molecular weight is 290 g/mol. The van der Waals surface area contributed by atoms with Crippen molar-refractivity contribution in [2.75, 3.05) is 5.32 Å². The maximum atomic E-state index is 12.0. The van der Waals surface area contributed by atoms with Gasteiger partial charge in [0.1, 0.15) is 5.69 Å². The summed E-state index contributed by atoms with van der Waals surface area (Å²) in [5.41, 5.74) is 0.934. The first-order chi connectivity index (χ1) is 9.61. The number of fused-ring (bicyclic) bond motifs is 1. The number of nitrogens with one attached hydrogen (secondary N) is 2. The second-order valence-corrected chi connectivity index (χ2v) is 6.08. The van der Waals surface area contributed by atoms with E-state index in [1.807, 2.05) is 0 Å². The molecular weight excluding hydrogens is 276 g/mol. The van der Waals surface area contributed by atoms with E-state index in [-0.39, 0.29) is 17.2 Å². The fourth-order valence-electron chi connectivity index (χ4n) is 2.23. The summed E-state index contributed by atoms with van der Waals surface area (Å²) in [4.78, 5) is 28.6. The maximum absolute atomic E-state index is 12.0. The Morgan fingerprint density at radius 3 is 3.10 bits per heavy atom. The Morgan fingerprint density at radius 2 is 2.35 bits per heavy atom. The van der Waals surface area contributed by atoms with E-state index < -0.39 is 0 Å². The van der Waals surface area contributed by atoms with Crippen LogP contribution >= 0.6 is 11.3 Å². The number of aryl methyl sites for hydroxylation is 1. The van der Waals surface area contributed by atoms with Gasteiger partial charge in [0.05, 0.1) is 5.69 Å². The third-order valence-electron chi connectivity index (χ3n) is 3.32. The van der Waals surface area contributed by atoms with Gasteiger partial charge in [0, 0.05) is 10.9 Å². The molecule has 2 aromatic rings. The van der Waals surface area contributed by atoms with Crippen molar-refractivity contribution in [2.24, 2.45) is 5.92 Å². The first-order valence-corrected chi connectivity index (χ1v) is 7.29. The molecule has 0 saturated heterocycles. The molecule has 0 fully saturated rings. The van der Waals surface area contributed by atoms with Gasteiger partial charge in [-0.05, 0) is 31.2 Å². The molecule has 0 unspecified atom stereocenters. The molecule has 6 nitrogen and oxygen atoms in total. The lowest BCUT2D eigenvalue weighted by Gasteiger charge is -2.15. The molecule has 1 amide bonds. The predicted octanol–water partition coefficient (Wildman–Crippen LogP) is 1.60. The molecule has 0 aromatic carbocycles. The highest BCUT2D eigenvalue weighted by atomic mass is 32.1. The van der Waals surface area contributed by atoms with Crippen molar-refractivity contribution in [3.05, 3.63) is 38.8 Å². The van der Waals surface area contributed by atoms with E-state index in [2.05, 4.69) is 27.4 Å². The Bertz CT molecular complexity index is 686. The van der Waals surface area contributed by atoms with Gasteiger partial charge in [0.25, 0.3) is 11.5 Å². The number of rotatable bonds is 2. The largest absolute Gasteiger partial charge is 0.296 e. The number of nitrogens with zero attached hydrogens (tertiary/aromatic N) is 2. The van der Waals surface area contributed by atoms with Crippen LogP contribution in [0.5, 0.6) is 0 Å². The first-order valence-electron chi connectivity index (χ1n) is 6.47. The lowest BCUT2D eigenvalue weighted by Crippen LogP contribution is -2.17. The van der Waals surface area contributed by atoms with E-state index in [0.717, 1.165) is 25.0 Å². The van der Waals surface area contributed by atoms with Crippen LogP contribution in [0.4, 0.5) is 5.13 Å². The summed E-state index contributed by atoms with van der Waals surface area (Å²) < 4.78 is 0. The molecule has 0 saturated carbocycles. The summed E-state index contributed by atoms with van der Waals surface area (Å²) in [5.74, 6) is 0.313. The van der Waals surface area contributed by atoms with Crippen LogP contribution < -0.4 is 10.9 Å². The minimum Gasteiger partial charge on any atom is -0.296 e. The molecule has 2 N–H and O–H groups in total. The van der Waals surface area contributed by atoms with Gasteiger partial charge in [-0.3, -0.25) is 14.9 Å². The number of amides is 1. The van der Waals surface area contributed by atoms with Gasteiger partial charge in [0.15, 0.2) is 5.13 Å².